The van der Waals surface area contributed by atoms with Crippen LogP contribution in [-0.2, 0) is 4.79 Å². The van der Waals surface area contributed by atoms with Gasteiger partial charge in [-0.1, -0.05) is 85.5 Å². The molecule has 2 heteroatoms. The van der Waals surface area contributed by atoms with Gasteiger partial charge in [-0.25, -0.2) is 0 Å². The number of carbonyl (C=O) groups is 1. The molecule has 3 heterocycles. The summed E-state index contributed by atoms with van der Waals surface area (Å²) in [5.74, 6) is 1.20. The lowest BCUT2D eigenvalue weighted by atomic mass is 9.63. The van der Waals surface area contributed by atoms with Gasteiger partial charge in [-0.05, 0) is 43.0 Å². The van der Waals surface area contributed by atoms with Crippen molar-refractivity contribution in [2.24, 2.45) is 11.8 Å². The lowest BCUT2D eigenvalue weighted by Crippen LogP contribution is -2.58. The van der Waals surface area contributed by atoms with Gasteiger partial charge in [-0.2, -0.15) is 0 Å². The molecule has 3 fully saturated rings. The Bertz CT molecular complexity index is 925. The van der Waals surface area contributed by atoms with Crippen molar-refractivity contribution in [1.29, 1.82) is 0 Å². The molecule has 2 nitrogen and oxygen atoms in total. The maximum atomic E-state index is 13.1. The molecule has 0 N–H and O–H groups in total. The van der Waals surface area contributed by atoms with Crippen molar-refractivity contribution in [2.45, 2.75) is 24.8 Å². The van der Waals surface area contributed by atoms with Gasteiger partial charge < -0.3 is 0 Å². The van der Waals surface area contributed by atoms with Gasteiger partial charge in [0.2, 0.25) is 0 Å². The number of nitrogens with zero attached hydrogens (tertiary/aromatic N) is 1. The van der Waals surface area contributed by atoms with E-state index in [9.17, 15) is 4.79 Å². The van der Waals surface area contributed by atoms with Gasteiger partial charge in [0.15, 0.2) is 5.78 Å². The van der Waals surface area contributed by atoms with Crippen LogP contribution in [0.4, 0.5) is 0 Å². The van der Waals surface area contributed by atoms with Crippen molar-refractivity contribution in [1.82, 2.24) is 4.90 Å². The molecule has 0 spiro atoms. The summed E-state index contributed by atoms with van der Waals surface area (Å²) >= 11 is 0. The molecule has 0 amide bonds. The van der Waals surface area contributed by atoms with Crippen LogP contribution in [0.2, 0.25) is 0 Å². The topological polar surface area (TPSA) is 20.3 Å². The molecule has 0 radical (unpaired) electrons. The lowest BCUT2D eigenvalue weighted by Gasteiger charge is -2.54. The number of carbonyl (C=O) groups excluding carboxylic acids is 1. The van der Waals surface area contributed by atoms with Crippen molar-refractivity contribution in [2.75, 3.05) is 13.1 Å². The highest BCUT2D eigenvalue weighted by Gasteiger charge is 2.49. The van der Waals surface area contributed by atoms with E-state index in [0.29, 0.717) is 17.5 Å². The molecule has 146 valence electrons. The fraction of sp³-hybridized carbons (Fsp3) is 0.296. The Labute approximate surface area is 173 Å². The molecule has 6 rings (SSSR count). The number of piperidine rings is 3. The highest BCUT2D eigenvalue weighted by atomic mass is 16.1. The van der Waals surface area contributed by atoms with Gasteiger partial charge in [0.25, 0.3) is 0 Å². The van der Waals surface area contributed by atoms with E-state index in [-0.39, 0.29) is 17.6 Å². The fourth-order valence-corrected chi connectivity index (χ4v) is 5.71. The summed E-state index contributed by atoms with van der Waals surface area (Å²) in [6, 6.07) is 22.0. The highest BCUT2D eigenvalue weighted by Crippen LogP contribution is 2.48. The Morgan fingerprint density at radius 1 is 0.897 bits per heavy atom. The minimum absolute atomic E-state index is 0.135. The van der Waals surface area contributed by atoms with Crippen LogP contribution in [0.3, 0.4) is 0 Å². The molecule has 0 aromatic heterocycles. The quantitative estimate of drug-likeness (QED) is 0.683. The first kappa shape index (κ1) is 18.3. The van der Waals surface area contributed by atoms with Gasteiger partial charge >= 0.3 is 0 Å². The second kappa shape index (κ2) is 7.61. The predicted octanol–water partition coefficient (Wildman–Crippen LogP) is 5.15. The second-order valence-electron chi connectivity index (χ2n) is 8.52. The lowest BCUT2D eigenvalue weighted by molar-refractivity contribution is -0.114. The van der Waals surface area contributed by atoms with E-state index in [2.05, 4.69) is 78.2 Å². The number of Topliss-reactive ketones (excluding diaryl/α,β-unsaturated/α-hetero) is 1. The molecule has 3 saturated heterocycles. The third kappa shape index (κ3) is 3.22. The molecule has 3 aliphatic heterocycles. The van der Waals surface area contributed by atoms with Crippen molar-refractivity contribution < 1.29 is 4.79 Å². The highest BCUT2D eigenvalue weighted by molar-refractivity contribution is 6.11. The maximum Gasteiger partial charge on any atom is 0.188 e. The molecule has 2 atom stereocenters. The van der Waals surface area contributed by atoms with Gasteiger partial charge in [0.1, 0.15) is 0 Å². The van der Waals surface area contributed by atoms with Crippen molar-refractivity contribution >= 4 is 5.78 Å². The van der Waals surface area contributed by atoms with Crippen LogP contribution in [0.1, 0.15) is 29.9 Å². The minimum atomic E-state index is 0.135. The zero-order chi connectivity index (χ0) is 19.8. The number of hydrogen-bond donors (Lipinski definition) is 0. The molecule has 1 aliphatic carbocycles. The number of fused-ring (bicyclic) bond motifs is 3. The molecule has 2 aromatic rings. The smallest absolute Gasteiger partial charge is 0.188 e. The molecule has 0 saturated carbocycles. The average Bonchev–Trinajstić information content (AvgIpc) is 2.78. The maximum absolute atomic E-state index is 13.1. The number of hydrogen-bond acceptors (Lipinski definition) is 2. The second-order valence-corrected chi connectivity index (χ2v) is 8.52. The largest absolute Gasteiger partial charge is 0.299 e. The minimum Gasteiger partial charge on any atom is -0.299 e. The summed E-state index contributed by atoms with van der Waals surface area (Å²) in [4.78, 5) is 15.7. The SMILES string of the molecule is C=C1C=CC=C(C2C3CCN(CC3)C2C(c2ccccc2)c2ccccc2)C1=O. The van der Waals surface area contributed by atoms with E-state index in [0.717, 1.165) is 18.7 Å². The average molecular weight is 382 g/mol. The third-order valence-electron chi connectivity index (χ3n) is 7.02. The summed E-state index contributed by atoms with van der Waals surface area (Å²) in [7, 11) is 0. The number of allylic oxidation sites excluding steroid dienone is 4. The monoisotopic (exact) mass is 381 g/mol. The van der Waals surface area contributed by atoms with Gasteiger partial charge in [0, 0.05) is 29.0 Å². The molecular formula is C27H27NO. The molecule has 2 unspecified atom stereocenters. The summed E-state index contributed by atoms with van der Waals surface area (Å²) < 4.78 is 0. The summed E-state index contributed by atoms with van der Waals surface area (Å²) in [6.07, 6.45) is 8.27. The Morgan fingerprint density at radius 2 is 1.48 bits per heavy atom. The van der Waals surface area contributed by atoms with Crippen LogP contribution in [0.5, 0.6) is 0 Å². The molecule has 2 bridgehead atoms. The zero-order valence-electron chi connectivity index (χ0n) is 16.7. The molecule has 4 aliphatic rings. The Morgan fingerprint density at radius 3 is 2.07 bits per heavy atom. The Kier molecular flexibility index (Phi) is 4.81. The van der Waals surface area contributed by atoms with Crippen molar-refractivity contribution in [3.05, 3.63) is 108 Å². The standard InChI is InChI=1S/C27H27NO/c1-19-9-8-14-23(27(19)29)25-22-15-17-28(18-16-22)26(25)24(20-10-4-2-5-11-20)21-12-6-3-7-13-21/h2-14,22,24-26H,1,15-18H2. The van der Waals surface area contributed by atoms with Crippen LogP contribution in [0.15, 0.2) is 96.6 Å². The van der Waals surface area contributed by atoms with Crippen molar-refractivity contribution in [3.8, 4) is 0 Å². The zero-order valence-corrected chi connectivity index (χ0v) is 16.7. The van der Waals surface area contributed by atoms with Crippen LogP contribution >= 0.6 is 0 Å². The number of rotatable bonds is 4. The van der Waals surface area contributed by atoms with Gasteiger partial charge in [-0.3, -0.25) is 9.69 Å². The summed E-state index contributed by atoms with van der Waals surface area (Å²) in [5.41, 5.74) is 4.25. The van der Waals surface area contributed by atoms with Crippen LogP contribution in [0.25, 0.3) is 0 Å². The Hall–Kier alpha value is -2.71. The van der Waals surface area contributed by atoms with E-state index in [1.54, 1.807) is 0 Å². The number of ketones is 1. The first-order valence-corrected chi connectivity index (χ1v) is 10.7. The first-order chi connectivity index (χ1) is 14.2. The first-order valence-electron chi connectivity index (χ1n) is 10.7. The van der Waals surface area contributed by atoms with Gasteiger partial charge in [-0.15, -0.1) is 0 Å². The molecule has 29 heavy (non-hydrogen) atoms. The van der Waals surface area contributed by atoms with E-state index >= 15 is 0 Å². The van der Waals surface area contributed by atoms with Gasteiger partial charge in [0.05, 0.1) is 0 Å². The van der Waals surface area contributed by atoms with Crippen LogP contribution in [-0.4, -0.2) is 29.8 Å². The fourth-order valence-electron chi connectivity index (χ4n) is 5.71. The third-order valence-corrected chi connectivity index (χ3v) is 7.02. The molecule has 2 aromatic carbocycles. The van der Waals surface area contributed by atoms with E-state index < -0.39 is 0 Å². The summed E-state index contributed by atoms with van der Waals surface area (Å²) in [5, 5.41) is 0. The van der Waals surface area contributed by atoms with Crippen LogP contribution < -0.4 is 0 Å². The van der Waals surface area contributed by atoms with Crippen molar-refractivity contribution in [3.63, 3.8) is 0 Å². The summed E-state index contributed by atoms with van der Waals surface area (Å²) in [6.45, 7) is 6.25. The van der Waals surface area contributed by atoms with E-state index in [1.807, 2.05) is 12.2 Å². The molecular weight excluding hydrogens is 354 g/mol. The Balaban J connectivity index is 1.65. The van der Waals surface area contributed by atoms with E-state index in [4.69, 9.17) is 0 Å². The van der Waals surface area contributed by atoms with Crippen LogP contribution in [0, 0.1) is 11.8 Å². The number of benzene rings is 2. The predicted molar refractivity (Wildman–Crippen MR) is 118 cm³/mol. The van der Waals surface area contributed by atoms with E-state index in [1.165, 1.54) is 24.0 Å². The normalized spacial score (nSPS) is 28.7.